The summed E-state index contributed by atoms with van der Waals surface area (Å²) in [4.78, 5) is 7.73. The second-order valence-corrected chi connectivity index (χ2v) is 2.50. The molecular formula is C10H7N5. The average Bonchev–Trinajstić information content (AvgIpc) is 2.31. The summed E-state index contributed by atoms with van der Waals surface area (Å²) < 4.78 is 0. The summed E-state index contributed by atoms with van der Waals surface area (Å²) in [6.45, 7) is 0. The highest BCUT2D eigenvalue weighted by molar-refractivity contribution is 5.78. The number of pyridine rings is 1. The number of hydrogen-bond acceptors (Lipinski definition) is 5. The number of nitrogens with two attached hydrogens (primary N) is 1. The van der Waals surface area contributed by atoms with E-state index in [1.54, 1.807) is 36.5 Å². The molecule has 0 spiro atoms. The summed E-state index contributed by atoms with van der Waals surface area (Å²) >= 11 is 0. The molecule has 0 aliphatic carbocycles. The molecule has 1 rings (SSSR count). The van der Waals surface area contributed by atoms with E-state index in [-0.39, 0.29) is 11.4 Å². The first-order valence-corrected chi connectivity index (χ1v) is 4.03. The molecule has 0 atom stereocenters. The molecule has 0 saturated heterocycles. The lowest BCUT2D eigenvalue weighted by molar-refractivity contribution is 1.25. The predicted octanol–water partition coefficient (Wildman–Crippen LogP) is 0.718. The summed E-state index contributed by atoms with van der Waals surface area (Å²) in [7, 11) is 0. The van der Waals surface area contributed by atoms with Gasteiger partial charge in [-0.2, -0.15) is 10.5 Å². The van der Waals surface area contributed by atoms with E-state index < -0.39 is 0 Å². The van der Waals surface area contributed by atoms with Crippen LogP contribution >= 0.6 is 0 Å². The van der Waals surface area contributed by atoms with Gasteiger partial charge in [0.1, 0.15) is 17.8 Å². The monoisotopic (exact) mass is 197 g/mol. The Kier molecular flexibility index (Phi) is 3.58. The summed E-state index contributed by atoms with van der Waals surface area (Å²) in [5.41, 5.74) is 5.54. The molecule has 0 radical (unpaired) electrons. The van der Waals surface area contributed by atoms with Crippen LogP contribution in [-0.2, 0) is 0 Å². The van der Waals surface area contributed by atoms with Crippen LogP contribution in [0.5, 0.6) is 0 Å². The Bertz CT molecular complexity index is 473. The van der Waals surface area contributed by atoms with E-state index in [0.717, 1.165) is 0 Å². The van der Waals surface area contributed by atoms with Crippen molar-refractivity contribution in [2.75, 3.05) is 0 Å². The first-order chi connectivity index (χ1) is 7.27. The molecule has 0 fully saturated rings. The van der Waals surface area contributed by atoms with E-state index >= 15 is 0 Å². The molecule has 0 aliphatic rings. The molecule has 0 aromatic carbocycles. The van der Waals surface area contributed by atoms with E-state index in [1.165, 1.54) is 6.21 Å². The van der Waals surface area contributed by atoms with Crippen molar-refractivity contribution in [2.45, 2.75) is 0 Å². The highest BCUT2D eigenvalue weighted by Gasteiger charge is 1.98. The third kappa shape index (κ3) is 2.94. The van der Waals surface area contributed by atoms with Gasteiger partial charge in [0.05, 0.1) is 11.9 Å². The van der Waals surface area contributed by atoms with E-state index in [2.05, 4.69) is 9.98 Å². The van der Waals surface area contributed by atoms with Crippen LogP contribution in [-0.4, -0.2) is 11.2 Å². The summed E-state index contributed by atoms with van der Waals surface area (Å²) in [6, 6.07) is 8.66. The number of rotatable bonds is 2. The van der Waals surface area contributed by atoms with Crippen LogP contribution in [0.15, 0.2) is 40.8 Å². The minimum Gasteiger partial charge on any atom is -0.388 e. The maximum Gasteiger partial charge on any atom is 0.174 e. The molecule has 1 heterocycles. The fourth-order valence-corrected chi connectivity index (χ4v) is 0.795. The summed E-state index contributed by atoms with van der Waals surface area (Å²) in [5, 5.41) is 17.1. The van der Waals surface area contributed by atoms with Crippen molar-refractivity contribution in [3.63, 3.8) is 0 Å². The van der Waals surface area contributed by atoms with Crippen molar-refractivity contribution in [3.05, 3.63) is 41.5 Å². The number of nitrogens with zero attached hydrogens (tertiary/aromatic N) is 4. The summed E-state index contributed by atoms with van der Waals surface area (Å²) in [6.07, 6.45) is 2.98. The third-order valence-corrected chi connectivity index (χ3v) is 1.50. The Labute approximate surface area is 86.8 Å². The van der Waals surface area contributed by atoms with E-state index in [4.69, 9.17) is 16.3 Å². The largest absolute Gasteiger partial charge is 0.388 e. The molecular weight excluding hydrogens is 190 g/mol. The van der Waals surface area contributed by atoms with Gasteiger partial charge in [0.25, 0.3) is 0 Å². The van der Waals surface area contributed by atoms with Gasteiger partial charge in [-0.05, 0) is 12.1 Å². The number of allylic oxidation sites excluding steroid dienone is 2. The lowest BCUT2D eigenvalue weighted by Crippen LogP contribution is -1.97. The molecule has 0 saturated carbocycles. The molecule has 1 aromatic rings. The van der Waals surface area contributed by atoms with Gasteiger partial charge < -0.3 is 5.73 Å². The lowest BCUT2D eigenvalue weighted by Gasteiger charge is -1.91. The van der Waals surface area contributed by atoms with Gasteiger partial charge in [-0.3, -0.25) is 4.98 Å². The van der Waals surface area contributed by atoms with E-state index in [9.17, 15) is 0 Å². The molecule has 15 heavy (non-hydrogen) atoms. The van der Waals surface area contributed by atoms with Crippen LogP contribution < -0.4 is 5.73 Å². The lowest BCUT2D eigenvalue weighted by atomic mass is 10.3. The fourth-order valence-electron chi connectivity index (χ4n) is 0.795. The molecule has 5 nitrogen and oxygen atoms in total. The zero-order chi connectivity index (χ0) is 11.1. The number of aromatic nitrogens is 1. The second kappa shape index (κ2) is 5.15. The SMILES string of the molecule is N#CC(N)=C(C#N)N=Cc1ccccn1. The Morgan fingerprint density at radius 1 is 1.40 bits per heavy atom. The normalized spacial score (nSPS) is 11.6. The van der Waals surface area contributed by atoms with Crippen LogP contribution in [0.4, 0.5) is 0 Å². The maximum atomic E-state index is 8.63. The van der Waals surface area contributed by atoms with Crippen molar-refractivity contribution in [3.8, 4) is 12.1 Å². The Hall–Kier alpha value is -2.66. The number of aliphatic imine (C=N–C) groups is 1. The van der Waals surface area contributed by atoms with Crippen molar-refractivity contribution in [1.82, 2.24) is 4.98 Å². The highest BCUT2D eigenvalue weighted by Crippen LogP contribution is 1.99. The standard InChI is InChI=1S/C10H7N5/c11-5-9(13)10(6-12)15-7-8-3-1-2-4-14-8/h1-4,7H,13H2. The maximum absolute atomic E-state index is 8.63. The van der Waals surface area contributed by atoms with Crippen LogP contribution in [0.1, 0.15) is 5.69 Å². The van der Waals surface area contributed by atoms with Gasteiger partial charge in [-0.1, -0.05) is 6.07 Å². The highest BCUT2D eigenvalue weighted by atomic mass is 14.8. The van der Waals surface area contributed by atoms with Crippen molar-refractivity contribution < 1.29 is 0 Å². The minimum atomic E-state index is -0.204. The van der Waals surface area contributed by atoms with Gasteiger partial charge in [0, 0.05) is 6.20 Å². The van der Waals surface area contributed by atoms with Gasteiger partial charge in [-0.25, -0.2) is 4.99 Å². The Balaban J connectivity index is 2.93. The molecule has 0 aliphatic heterocycles. The van der Waals surface area contributed by atoms with Crippen molar-refractivity contribution >= 4 is 6.21 Å². The van der Waals surface area contributed by atoms with Crippen molar-refractivity contribution in [1.29, 1.82) is 10.5 Å². The molecule has 0 bridgehead atoms. The molecule has 0 amide bonds. The molecule has 1 aromatic heterocycles. The molecule has 72 valence electrons. The fraction of sp³-hybridized carbons (Fsp3) is 0. The Morgan fingerprint density at radius 3 is 2.73 bits per heavy atom. The van der Waals surface area contributed by atoms with Crippen LogP contribution in [0.25, 0.3) is 0 Å². The Morgan fingerprint density at radius 2 is 2.20 bits per heavy atom. The zero-order valence-corrected chi connectivity index (χ0v) is 7.75. The van der Waals surface area contributed by atoms with Crippen molar-refractivity contribution in [2.24, 2.45) is 10.7 Å². The molecule has 5 heteroatoms. The molecule has 0 unspecified atom stereocenters. The predicted molar refractivity (Wildman–Crippen MR) is 54.3 cm³/mol. The average molecular weight is 197 g/mol. The van der Waals surface area contributed by atoms with Crippen LogP contribution in [0.2, 0.25) is 0 Å². The number of hydrogen-bond donors (Lipinski definition) is 1. The van der Waals surface area contributed by atoms with Gasteiger partial charge >= 0.3 is 0 Å². The quantitative estimate of drug-likeness (QED) is 0.557. The van der Waals surface area contributed by atoms with Crippen LogP contribution in [0, 0.1) is 22.7 Å². The minimum absolute atomic E-state index is 0.108. The first kappa shape index (κ1) is 10.4. The smallest absolute Gasteiger partial charge is 0.174 e. The molecule has 2 N–H and O–H groups in total. The summed E-state index contributed by atoms with van der Waals surface area (Å²) in [5.74, 6) is 0. The second-order valence-electron chi connectivity index (χ2n) is 2.50. The van der Waals surface area contributed by atoms with Crippen LogP contribution in [0.3, 0.4) is 0 Å². The zero-order valence-electron chi connectivity index (χ0n) is 7.75. The third-order valence-electron chi connectivity index (χ3n) is 1.50. The number of nitriles is 2. The van der Waals surface area contributed by atoms with Gasteiger partial charge in [-0.15, -0.1) is 0 Å². The first-order valence-electron chi connectivity index (χ1n) is 4.03. The van der Waals surface area contributed by atoms with E-state index in [0.29, 0.717) is 5.69 Å². The van der Waals surface area contributed by atoms with E-state index in [1.807, 2.05) is 0 Å². The topological polar surface area (TPSA) is 98.8 Å². The van der Waals surface area contributed by atoms with Gasteiger partial charge in [0.15, 0.2) is 5.70 Å². The van der Waals surface area contributed by atoms with Gasteiger partial charge in [0.2, 0.25) is 0 Å².